The Morgan fingerprint density at radius 2 is 2.11 bits per heavy atom. The Hall–Kier alpha value is -1.23. The number of thiophene rings is 1. The molecule has 0 radical (unpaired) electrons. The number of pyridine rings is 1. The first kappa shape index (κ1) is 11.8. The summed E-state index contributed by atoms with van der Waals surface area (Å²) in [6.45, 7) is 0. The Kier molecular flexibility index (Phi) is 3.16. The quantitative estimate of drug-likeness (QED) is 0.770. The molecule has 0 fully saturated rings. The molecule has 1 atom stereocenters. The Balaban J connectivity index is 2.18. The lowest BCUT2D eigenvalue weighted by Gasteiger charge is -2.12. The van der Waals surface area contributed by atoms with Crippen molar-refractivity contribution >= 4 is 38.0 Å². The summed E-state index contributed by atoms with van der Waals surface area (Å²) in [4.78, 5) is 5.04. The smallest absolute Gasteiger partial charge is 0.115 e. The van der Waals surface area contributed by atoms with Crippen molar-refractivity contribution in [3.05, 3.63) is 63.0 Å². The van der Waals surface area contributed by atoms with Crippen molar-refractivity contribution in [1.29, 1.82) is 0 Å². The fourth-order valence-electron chi connectivity index (χ4n) is 2.03. The summed E-state index contributed by atoms with van der Waals surface area (Å²) in [5.74, 6) is 0. The molecule has 0 spiro atoms. The van der Waals surface area contributed by atoms with E-state index in [0.29, 0.717) is 0 Å². The van der Waals surface area contributed by atoms with Crippen LogP contribution in [0.1, 0.15) is 16.5 Å². The number of fused-ring (bicyclic) bond motifs is 1. The van der Waals surface area contributed by atoms with Crippen molar-refractivity contribution in [3.63, 3.8) is 0 Å². The highest BCUT2D eigenvalue weighted by atomic mass is 79.9. The molecule has 18 heavy (non-hydrogen) atoms. The van der Waals surface area contributed by atoms with Crippen LogP contribution in [-0.2, 0) is 0 Å². The first-order valence-corrected chi connectivity index (χ1v) is 7.18. The molecule has 0 aliphatic heterocycles. The fraction of sp³-hybridized carbons (Fsp3) is 0.0714. The van der Waals surface area contributed by atoms with Gasteiger partial charge >= 0.3 is 0 Å². The van der Waals surface area contributed by atoms with E-state index in [4.69, 9.17) is 0 Å². The van der Waals surface area contributed by atoms with Crippen LogP contribution in [-0.4, -0.2) is 10.1 Å². The zero-order valence-corrected chi connectivity index (χ0v) is 11.8. The first-order chi connectivity index (χ1) is 8.77. The number of hydrogen-bond donors (Lipinski definition) is 1. The van der Waals surface area contributed by atoms with E-state index in [9.17, 15) is 5.11 Å². The second-order valence-corrected chi connectivity index (χ2v) is 5.78. The van der Waals surface area contributed by atoms with Gasteiger partial charge in [-0.15, -0.1) is 11.3 Å². The Bertz CT molecular complexity index is 690. The van der Waals surface area contributed by atoms with E-state index < -0.39 is 6.10 Å². The SMILES string of the molecule is OC(c1sccc1Br)c1cccc2cnccc12. The molecule has 1 unspecified atom stereocenters. The lowest BCUT2D eigenvalue weighted by molar-refractivity contribution is 0.225. The molecule has 2 heterocycles. The lowest BCUT2D eigenvalue weighted by atomic mass is 10.0. The Labute approximate surface area is 117 Å². The van der Waals surface area contributed by atoms with Crippen molar-refractivity contribution in [1.82, 2.24) is 4.98 Å². The molecule has 0 aliphatic carbocycles. The maximum absolute atomic E-state index is 10.5. The van der Waals surface area contributed by atoms with Crippen LogP contribution in [0.4, 0.5) is 0 Å². The van der Waals surface area contributed by atoms with Crippen molar-refractivity contribution in [2.45, 2.75) is 6.10 Å². The maximum atomic E-state index is 10.5. The lowest BCUT2D eigenvalue weighted by Crippen LogP contribution is -1.99. The Morgan fingerprint density at radius 3 is 2.89 bits per heavy atom. The predicted molar refractivity (Wildman–Crippen MR) is 77.8 cm³/mol. The van der Waals surface area contributed by atoms with Crippen LogP contribution in [0.2, 0.25) is 0 Å². The summed E-state index contributed by atoms with van der Waals surface area (Å²) in [5, 5.41) is 14.6. The van der Waals surface area contributed by atoms with Crippen LogP contribution in [0.3, 0.4) is 0 Å². The topological polar surface area (TPSA) is 33.1 Å². The predicted octanol–water partition coefficient (Wildman–Crippen LogP) is 4.14. The van der Waals surface area contributed by atoms with E-state index >= 15 is 0 Å². The third-order valence-corrected chi connectivity index (χ3v) is 4.83. The molecule has 2 nitrogen and oxygen atoms in total. The average Bonchev–Trinajstić information content (AvgIpc) is 2.83. The summed E-state index contributed by atoms with van der Waals surface area (Å²) < 4.78 is 0.950. The van der Waals surface area contributed by atoms with Gasteiger partial charge in [-0.3, -0.25) is 4.98 Å². The molecule has 1 N–H and O–H groups in total. The van der Waals surface area contributed by atoms with Crippen LogP contribution in [0.25, 0.3) is 10.8 Å². The number of nitrogens with zero attached hydrogens (tertiary/aromatic N) is 1. The molecule has 0 saturated heterocycles. The van der Waals surface area contributed by atoms with E-state index in [0.717, 1.165) is 25.7 Å². The van der Waals surface area contributed by atoms with E-state index in [1.807, 2.05) is 41.9 Å². The molecule has 1 aromatic carbocycles. The second-order valence-electron chi connectivity index (χ2n) is 3.98. The molecule has 3 rings (SSSR count). The monoisotopic (exact) mass is 319 g/mol. The van der Waals surface area contributed by atoms with Crippen molar-refractivity contribution in [2.24, 2.45) is 0 Å². The van der Waals surface area contributed by atoms with Crippen LogP contribution in [0.5, 0.6) is 0 Å². The minimum Gasteiger partial charge on any atom is -0.383 e. The molecule has 2 aromatic heterocycles. The van der Waals surface area contributed by atoms with Gasteiger partial charge in [0.2, 0.25) is 0 Å². The van der Waals surface area contributed by atoms with Gasteiger partial charge < -0.3 is 5.11 Å². The van der Waals surface area contributed by atoms with Crippen LogP contribution in [0.15, 0.2) is 52.6 Å². The van der Waals surface area contributed by atoms with Gasteiger partial charge in [-0.25, -0.2) is 0 Å². The van der Waals surface area contributed by atoms with Crippen molar-refractivity contribution in [3.8, 4) is 0 Å². The summed E-state index contributed by atoms with van der Waals surface area (Å²) in [5.41, 5.74) is 0.915. The summed E-state index contributed by atoms with van der Waals surface area (Å²) >= 11 is 5.01. The van der Waals surface area contributed by atoms with Crippen molar-refractivity contribution < 1.29 is 5.11 Å². The molecule has 0 amide bonds. The van der Waals surface area contributed by atoms with E-state index in [1.165, 1.54) is 0 Å². The van der Waals surface area contributed by atoms with E-state index in [1.54, 1.807) is 17.5 Å². The molecule has 90 valence electrons. The number of benzene rings is 1. The third kappa shape index (κ3) is 1.96. The number of rotatable bonds is 2. The highest BCUT2D eigenvalue weighted by molar-refractivity contribution is 9.10. The molecular weight excluding hydrogens is 310 g/mol. The molecule has 3 aromatic rings. The number of halogens is 1. The highest BCUT2D eigenvalue weighted by Crippen LogP contribution is 2.35. The third-order valence-electron chi connectivity index (χ3n) is 2.90. The second kappa shape index (κ2) is 4.80. The van der Waals surface area contributed by atoms with E-state index in [2.05, 4.69) is 20.9 Å². The molecule has 4 heteroatoms. The molecule has 0 bridgehead atoms. The van der Waals surface area contributed by atoms with Gasteiger partial charge in [0.05, 0.1) is 4.88 Å². The maximum Gasteiger partial charge on any atom is 0.115 e. The van der Waals surface area contributed by atoms with Gasteiger partial charge in [-0.1, -0.05) is 18.2 Å². The van der Waals surface area contributed by atoms with Crippen molar-refractivity contribution in [2.75, 3.05) is 0 Å². The highest BCUT2D eigenvalue weighted by Gasteiger charge is 2.17. The van der Waals surface area contributed by atoms with Gasteiger partial charge in [0.15, 0.2) is 0 Å². The number of aliphatic hydroxyl groups excluding tert-OH is 1. The summed E-state index contributed by atoms with van der Waals surface area (Å²) in [6, 6.07) is 9.80. The van der Waals surface area contributed by atoms with E-state index in [-0.39, 0.29) is 0 Å². The molecular formula is C14H10BrNOS. The van der Waals surface area contributed by atoms with Crippen LogP contribution < -0.4 is 0 Å². The minimum absolute atomic E-state index is 0.606. The summed E-state index contributed by atoms with van der Waals surface area (Å²) in [6.07, 6.45) is 2.96. The standard InChI is InChI=1S/C14H10BrNOS/c15-12-5-7-18-14(12)13(17)11-3-1-2-9-8-16-6-4-10(9)11/h1-8,13,17H. The van der Waals surface area contributed by atoms with Crippen LogP contribution >= 0.6 is 27.3 Å². The Morgan fingerprint density at radius 1 is 1.22 bits per heavy atom. The van der Waals surface area contributed by atoms with Gasteiger partial charge in [0.25, 0.3) is 0 Å². The minimum atomic E-state index is -0.606. The van der Waals surface area contributed by atoms with Gasteiger partial charge in [0.1, 0.15) is 6.10 Å². The molecule has 0 aliphatic rings. The largest absolute Gasteiger partial charge is 0.383 e. The normalized spacial score (nSPS) is 12.8. The van der Waals surface area contributed by atoms with Gasteiger partial charge in [-0.2, -0.15) is 0 Å². The molecule has 0 saturated carbocycles. The fourth-order valence-corrected chi connectivity index (χ4v) is 3.62. The number of aliphatic hydroxyl groups is 1. The van der Waals surface area contributed by atoms with Crippen LogP contribution in [0, 0.1) is 0 Å². The zero-order valence-electron chi connectivity index (χ0n) is 9.38. The number of aromatic nitrogens is 1. The number of hydrogen-bond acceptors (Lipinski definition) is 3. The van der Waals surface area contributed by atoms with Gasteiger partial charge in [-0.05, 0) is 44.4 Å². The first-order valence-electron chi connectivity index (χ1n) is 5.51. The average molecular weight is 320 g/mol. The van der Waals surface area contributed by atoms with Gasteiger partial charge in [0, 0.05) is 22.3 Å². The summed E-state index contributed by atoms with van der Waals surface area (Å²) in [7, 11) is 0. The zero-order chi connectivity index (χ0) is 12.5.